The molecule has 0 amide bonds. The minimum Gasteiger partial charge on any atom is -0.462 e. The standard InChI is InChI=1S/C36H30O4S4/c1-4-39-35(37)32-22(3)31(29-17-15-27(43-29)25-13-9-19-41-25)33(30-18-16-28(44-30)26-14-10-20-42-26)24(34(32)36(38)40-5-2)21-23-11-7-6-8-12-23/h6-20H,4-5,21H2,1-3H3. The first-order valence-electron chi connectivity index (χ1n) is 14.4. The molecule has 0 fully saturated rings. The molecule has 4 heterocycles. The lowest BCUT2D eigenvalue weighted by Crippen LogP contribution is -2.20. The molecule has 0 N–H and O–H groups in total. The van der Waals surface area contributed by atoms with Gasteiger partial charge in [-0.3, -0.25) is 0 Å². The molecule has 4 nitrogen and oxygen atoms in total. The first-order valence-corrected chi connectivity index (χ1v) is 17.7. The van der Waals surface area contributed by atoms with Crippen LogP contribution >= 0.6 is 45.3 Å². The van der Waals surface area contributed by atoms with Crippen LogP contribution in [0.2, 0.25) is 0 Å². The van der Waals surface area contributed by atoms with Crippen molar-refractivity contribution in [2.24, 2.45) is 0 Å². The van der Waals surface area contributed by atoms with Crippen LogP contribution in [0.25, 0.3) is 40.4 Å². The Morgan fingerprint density at radius 2 is 1.11 bits per heavy atom. The highest BCUT2D eigenvalue weighted by molar-refractivity contribution is 7.24. The van der Waals surface area contributed by atoms with Crippen molar-refractivity contribution in [2.75, 3.05) is 13.2 Å². The predicted octanol–water partition coefficient (Wildman–Crippen LogP) is 10.9. The van der Waals surface area contributed by atoms with E-state index in [2.05, 4.69) is 59.3 Å². The highest BCUT2D eigenvalue weighted by Gasteiger charge is 2.33. The quantitative estimate of drug-likeness (QED) is 0.138. The molecule has 0 bridgehead atoms. The van der Waals surface area contributed by atoms with Crippen molar-refractivity contribution in [3.63, 3.8) is 0 Å². The predicted molar refractivity (Wildman–Crippen MR) is 186 cm³/mol. The minimum absolute atomic E-state index is 0.193. The maximum Gasteiger partial charge on any atom is 0.339 e. The lowest BCUT2D eigenvalue weighted by atomic mass is 9.83. The Bertz CT molecular complexity index is 1890. The molecule has 44 heavy (non-hydrogen) atoms. The average Bonchev–Trinajstić information content (AvgIpc) is 3.85. The largest absolute Gasteiger partial charge is 0.462 e. The smallest absolute Gasteiger partial charge is 0.339 e. The summed E-state index contributed by atoms with van der Waals surface area (Å²) in [6, 6.07) is 27.0. The monoisotopic (exact) mass is 654 g/mol. The topological polar surface area (TPSA) is 52.6 Å². The molecule has 0 radical (unpaired) electrons. The van der Waals surface area contributed by atoms with Crippen molar-refractivity contribution >= 4 is 57.3 Å². The highest BCUT2D eigenvalue weighted by atomic mass is 32.1. The van der Waals surface area contributed by atoms with Crippen LogP contribution in [-0.4, -0.2) is 25.2 Å². The Balaban J connectivity index is 1.71. The molecule has 222 valence electrons. The Labute approximate surface area is 273 Å². The fourth-order valence-corrected chi connectivity index (χ4v) is 9.29. The molecule has 4 aromatic heterocycles. The Hall–Kier alpha value is -3.82. The lowest BCUT2D eigenvalue weighted by Gasteiger charge is -2.23. The SMILES string of the molecule is CCOC(=O)c1c(C)c(-c2ccc(-c3cccs3)s2)c(-c2ccc(-c3cccs3)s2)c(Cc2ccccc2)c1C(=O)OCC. The summed E-state index contributed by atoms with van der Waals surface area (Å²) in [5, 5.41) is 4.16. The molecule has 0 saturated carbocycles. The van der Waals surface area contributed by atoms with Gasteiger partial charge in [-0.05, 0) is 91.0 Å². The zero-order chi connectivity index (χ0) is 30.6. The van der Waals surface area contributed by atoms with Gasteiger partial charge in [0.05, 0.1) is 24.3 Å². The van der Waals surface area contributed by atoms with Gasteiger partial charge in [0, 0.05) is 40.4 Å². The van der Waals surface area contributed by atoms with Gasteiger partial charge >= 0.3 is 11.9 Å². The average molecular weight is 655 g/mol. The molecule has 0 aliphatic carbocycles. The maximum absolute atomic E-state index is 13.9. The van der Waals surface area contributed by atoms with Crippen molar-refractivity contribution in [2.45, 2.75) is 27.2 Å². The zero-order valence-corrected chi connectivity index (χ0v) is 27.8. The summed E-state index contributed by atoms with van der Waals surface area (Å²) in [5.74, 6) is -1.03. The summed E-state index contributed by atoms with van der Waals surface area (Å²) >= 11 is 6.79. The van der Waals surface area contributed by atoms with Crippen LogP contribution in [0.5, 0.6) is 0 Å². The van der Waals surface area contributed by atoms with Crippen LogP contribution in [0.3, 0.4) is 0 Å². The van der Waals surface area contributed by atoms with Gasteiger partial charge in [0.1, 0.15) is 0 Å². The molecular formula is C36H30O4S4. The van der Waals surface area contributed by atoms with E-state index in [4.69, 9.17) is 9.47 Å². The number of thiophene rings is 4. The van der Waals surface area contributed by atoms with Crippen molar-refractivity contribution in [3.8, 4) is 40.4 Å². The van der Waals surface area contributed by atoms with Crippen LogP contribution < -0.4 is 0 Å². The molecule has 0 aliphatic heterocycles. The van der Waals surface area contributed by atoms with Gasteiger partial charge in [0.15, 0.2) is 0 Å². The second-order valence-electron chi connectivity index (χ2n) is 9.99. The molecule has 0 spiro atoms. The Kier molecular flexibility index (Phi) is 9.23. The summed E-state index contributed by atoms with van der Waals surface area (Å²) in [6.07, 6.45) is 0.444. The summed E-state index contributed by atoms with van der Waals surface area (Å²) in [5.41, 5.74) is 4.97. The molecule has 8 heteroatoms. The van der Waals surface area contributed by atoms with Gasteiger partial charge in [-0.25, -0.2) is 9.59 Å². The van der Waals surface area contributed by atoms with E-state index in [1.165, 1.54) is 9.75 Å². The molecule has 6 rings (SSSR count). The van der Waals surface area contributed by atoms with Gasteiger partial charge < -0.3 is 9.47 Å². The Morgan fingerprint density at radius 3 is 1.64 bits per heavy atom. The van der Waals surface area contributed by atoms with E-state index in [0.29, 0.717) is 12.0 Å². The number of hydrogen-bond donors (Lipinski definition) is 0. The summed E-state index contributed by atoms with van der Waals surface area (Å²) in [6.45, 7) is 5.88. The van der Waals surface area contributed by atoms with Gasteiger partial charge in [-0.1, -0.05) is 42.5 Å². The third-order valence-electron chi connectivity index (χ3n) is 7.27. The normalized spacial score (nSPS) is 11.1. The first-order chi connectivity index (χ1) is 21.5. The third kappa shape index (κ3) is 5.95. The van der Waals surface area contributed by atoms with E-state index in [9.17, 15) is 9.59 Å². The minimum atomic E-state index is -0.518. The van der Waals surface area contributed by atoms with Crippen LogP contribution in [0.1, 0.15) is 51.3 Å². The van der Waals surface area contributed by atoms with Gasteiger partial charge in [0.2, 0.25) is 0 Å². The van der Waals surface area contributed by atoms with Crippen LogP contribution in [0, 0.1) is 6.92 Å². The Morgan fingerprint density at radius 1 is 0.591 bits per heavy atom. The summed E-state index contributed by atoms with van der Waals surface area (Å²) < 4.78 is 11.2. The summed E-state index contributed by atoms with van der Waals surface area (Å²) in [4.78, 5) is 34.4. The van der Waals surface area contributed by atoms with Crippen molar-refractivity contribution in [1.29, 1.82) is 0 Å². The second kappa shape index (κ2) is 13.4. The second-order valence-corrected chi connectivity index (χ2v) is 14.1. The molecule has 0 aliphatic rings. The van der Waals surface area contributed by atoms with Crippen LogP contribution in [-0.2, 0) is 15.9 Å². The van der Waals surface area contributed by atoms with E-state index in [1.807, 2.05) is 37.3 Å². The molecule has 2 aromatic carbocycles. The third-order valence-corrected chi connectivity index (χ3v) is 11.6. The number of benzene rings is 2. The van der Waals surface area contributed by atoms with E-state index in [1.54, 1.807) is 59.2 Å². The van der Waals surface area contributed by atoms with E-state index < -0.39 is 11.9 Å². The zero-order valence-electron chi connectivity index (χ0n) is 24.5. The fraction of sp³-hybridized carbons (Fsp3) is 0.167. The van der Waals surface area contributed by atoms with E-state index in [0.717, 1.165) is 41.8 Å². The molecule has 6 aromatic rings. The van der Waals surface area contributed by atoms with Crippen LogP contribution in [0.4, 0.5) is 0 Å². The van der Waals surface area contributed by atoms with E-state index >= 15 is 0 Å². The maximum atomic E-state index is 13.9. The number of rotatable bonds is 10. The van der Waals surface area contributed by atoms with E-state index in [-0.39, 0.29) is 24.3 Å². The van der Waals surface area contributed by atoms with Crippen LogP contribution in [0.15, 0.2) is 89.6 Å². The number of carbonyl (C=O) groups excluding carboxylic acids is 2. The van der Waals surface area contributed by atoms with Gasteiger partial charge in [0.25, 0.3) is 0 Å². The first kappa shape index (κ1) is 30.2. The number of ether oxygens (including phenoxy) is 2. The molecule has 0 saturated heterocycles. The fourth-order valence-electron chi connectivity index (χ4n) is 5.42. The number of esters is 2. The molecule has 0 atom stereocenters. The highest BCUT2D eigenvalue weighted by Crippen LogP contribution is 2.49. The van der Waals surface area contributed by atoms with Crippen molar-refractivity contribution < 1.29 is 19.1 Å². The summed E-state index contributed by atoms with van der Waals surface area (Å²) in [7, 11) is 0. The van der Waals surface area contributed by atoms with Gasteiger partial charge in [-0.2, -0.15) is 0 Å². The lowest BCUT2D eigenvalue weighted by molar-refractivity contribution is 0.0477. The molecular weight excluding hydrogens is 625 g/mol. The molecule has 0 unspecified atom stereocenters. The van der Waals surface area contributed by atoms with Gasteiger partial charge in [-0.15, -0.1) is 45.3 Å². The van der Waals surface area contributed by atoms with Crippen molar-refractivity contribution in [1.82, 2.24) is 0 Å². The number of hydrogen-bond acceptors (Lipinski definition) is 8. The van der Waals surface area contributed by atoms with Crippen molar-refractivity contribution in [3.05, 3.63) is 117 Å². The number of carbonyl (C=O) groups is 2.